The van der Waals surface area contributed by atoms with E-state index in [1.807, 2.05) is 53.4 Å². The van der Waals surface area contributed by atoms with Gasteiger partial charge in [-0.1, -0.05) is 35.3 Å². The average Bonchev–Trinajstić information content (AvgIpc) is 2.61. The minimum atomic E-state index is 0.0331. The Bertz CT molecular complexity index is 735. The molecular formula is C19H18Cl2N2O. The molecule has 3 rings (SSSR count). The molecule has 1 amide bonds. The molecule has 0 saturated carbocycles. The number of halogens is 2. The van der Waals surface area contributed by atoms with Crippen LogP contribution in [0.5, 0.6) is 0 Å². The summed E-state index contributed by atoms with van der Waals surface area (Å²) in [6, 6.07) is 15.3. The molecule has 0 aliphatic carbocycles. The molecule has 3 nitrogen and oxygen atoms in total. The Labute approximate surface area is 152 Å². The highest BCUT2D eigenvalue weighted by Gasteiger charge is 2.19. The summed E-state index contributed by atoms with van der Waals surface area (Å²) >= 11 is 11.9. The van der Waals surface area contributed by atoms with Crippen molar-refractivity contribution in [3.63, 3.8) is 0 Å². The monoisotopic (exact) mass is 360 g/mol. The molecule has 1 aliphatic rings. The molecule has 0 spiro atoms. The maximum atomic E-state index is 12.3. The topological polar surface area (TPSA) is 23.6 Å². The van der Waals surface area contributed by atoms with Gasteiger partial charge >= 0.3 is 0 Å². The van der Waals surface area contributed by atoms with Gasteiger partial charge in [0.1, 0.15) is 0 Å². The number of carbonyl (C=O) groups is 1. The van der Waals surface area contributed by atoms with Crippen molar-refractivity contribution in [1.29, 1.82) is 0 Å². The van der Waals surface area contributed by atoms with E-state index in [9.17, 15) is 4.79 Å². The molecule has 1 saturated heterocycles. The zero-order valence-corrected chi connectivity index (χ0v) is 14.7. The highest BCUT2D eigenvalue weighted by atomic mass is 35.5. The van der Waals surface area contributed by atoms with Crippen LogP contribution in [0, 0.1) is 0 Å². The Hall–Kier alpha value is -1.97. The first-order valence-electron chi connectivity index (χ1n) is 7.85. The molecule has 0 aromatic heterocycles. The third-order valence-electron chi connectivity index (χ3n) is 4.05. The molecule has 1 aliphatic heterocycles. The molecule has 0 atom stereocenters. The van der Waals surface area contributed by atoms with Crippen LogP contribution in [0.3, 0.4) is 0 Å². The second kappa shape index (κ2) is 7.73. The second-order valence-electron chi connectivity index (χ2n) is 5.68. The van der Waals surface area contributed by atoms with E-state index in [-0.39, 0.29) is 5.91 Å². The molecule has 2 aromatic carbocycles. The summed E-state index contributed by atoms with van der Waals surface area (Å²) in [5.74, 6) is 0.0331. The quantitative estimate of drug-likeness (QED) is 0.759. The third-order valence-corrected chi connectivity index (χ3v) is 4.54. The Morgan fingerprint density at radius 2 is 1.62 bits per heavy atom. The minimum Gasteiger partial charge on any atom is -0.368 e. The zero-order chi connectivity index (χ0) is 16.9. The van der Waals surface area contributed by atoms with E-state index in [4.69, 9.17) is 23.2 Å². The predicted octanol–water partition coefficient (Wildman–Crippen LogP) is 4.36. The molecule has 5 heteroatoms. The van der Waals surface area contributed by atoms with Crippen molar-refractivity contribution in [3.8, 4) is 0 Å². The summed E-state index contributed by atoms with van der Waals surface area (Å²) in [5.41, 5.74) is 2.07. The summed E-state index contributed by atoms with van der Waals surface area (Å²) in [5, 5.41) is 1.40. The molecule has 124 valence electrons. The van der Waals surface area contributed by atoms with Gasteiger partial charge < -0.3 is 9.80 Å². The SMILES string of the molecule is O=C(/C=C/c1cccc(Cl)c1)N1CCN(c2ccc(Cl)cc2)CC1. The molecule has 0 radical (unpaired) electrons. The molecule has 0 bridgehead atoms. The van der Waals surface area contributed by atoms with Gasteiger partial charge in [0.15, 0.2) is 0 Å². The summed E-state index contributed by atoms with van der Waals surface area (Å²) in [4.78, 5) is 16.4. The number of hydrogen-bond donors (Lipinski definition) is 0. The van der Waals surface area contributed by atoms with Crippen LogP contribution in [0.4, 0.5) is 5.69 Å². The van der Waals surface area contributed by atoms with Crippen LogP contribution < -0.4 is 4.90 Å². The fourth-order valence-corrected chi connectivity index (χ4v) is 3.04. The molecule has 1 heterocycles. The normalized spacial score (nSPS) is 15.1. The molecule has 24 heavy (non-hydrogen) atoms. The lowest BCUT2D eigenvalue weighted by molar-refractivity contribution is -0.126. The standard InChI is InChI=1S/C19H18Cl2N2O/c20-16-5-7-18(8-6-16)22-10-12-23(13-11-22)19(24)9-4-15-2-1-3-17(21)14-15/h1-9,14H,10-13H2/b9-4+. The Morgan fingerprint density at radius 3 is 2.29 bits per heavy atom. The van der Waals surface area contributed by atoms with E-state index in [0.29, 0.717) is 18.1 Å². The van der Waals surface area contributed by atoms with Crippen molar-refractivity contribution >= 4 is 40.9 Å². The Balaban J connectivity index is 1.56. The van der Waals surface area contributed by atoms with Crippen LogP contribution in [-0.4, -0.2) is 37.0 Å². The van der Waals surface area contributed by atoms with Gasteiger partial charge in [0.25, 0.3) is 0 Å². The first-order chi connectivity index (χ1) is 11.6. The number of nitrogens with zero attached hydrogens (tertiary/aromatic N) is 2. The fourth-order valence-electron chi connectivity index (χ4n) is 2.72. The highest BCUT2D eigenvalue weighted by Crippen LogP contribution is 2.19. The zero-order valence-electron chi connectivity index (χ0n) is 13.2. The summed E-state index contributed by atoms with van der Waals surface area (Å²) in [6.45, 7) is 3.06. The van der Waals surface area contributed by atoms with E-state index in [1.54, 1.807) is 12.2 Å². The molecular weight excluding hydrogens is 343 g/mol. The van der Waals surface area contributed by atoms with Crippen molar-refractivity contribution in [3.05, 3.63) is 70.2 Å². The fraction of sp³-hybridized carbons (Fsp3) is 0.211. The summed E-state index contributed by atoms with van der Waals surface area (Å²) < 4.78 is 0. The number of hydrogen-bond acceptors (Lipinski definition) is 2. The van der Waals surface area contributed by atoms with Crippen LogP contribution in [0.2, 0.25) is 10.0 Å². The molecule has 2 aromatic rings. The van der Waals surface area contributed by atoms with Crippen LogP contribution in [0.25, 0.3) is 6.08 Å². The van der Waals surface area contributed by atoms with E-state index in [2.05, 4.69) is 4.90 Å². The largest absolute Gasteiger partial charge is 0.368 e. The Morgan fingerprint density at radius 1 is 0.917 bits per heavy atom. The number of amides is 1. The van der Waals surface area contributed by atoms with Crippen LogP contribution in [0.15, 0.2) is 54.6 Å². The molecule has 0 N–H and O–H groups in total. The highest BCUT2D eigenvalue weighted by molar-refractivity contribution is 6.31. The van der Waals surface area contributed by atoms with Gasteiger partial charge in [0.05, 0.1) is 0 Å². The average molecular weight is 361 g/mol. The van der Waals surface area contributed by atoms with Gasteiger partial charge in [-0.25, -0.2) is 0 Å². The van der Waals surface area contributed by atoms with Crippen molar-refractivity contribution < 1.29 is 4.79 Å². The summed E-state index contributed by atoms with van der Waals surface area (Å²) in [6.07, 6.45) is 3.42. The lowest BCUT2D eigenvalue weighted by Gasteiger charge is -2.35. The van der Waals surface area contributed by atoms with Gasteiger partial charge in [-0.05, 0) is 48.0 Å². The van der Waals surface area contributed by atoms with E-state index in [0.717, 1.165) is 29.4 Å². The van der Waals surface area contributed by atoms with Gasteiger partial charge in [0.2, 0.25) is 5.91 Å². The van der Waals surface area contributed by atoms with Gasteiger partial charge in [-0.2, -0.15) is 0 Å². The van der Waals surface area contributed by atoms with Crippen molar-refractivity contribution in [1.82, 2.24) is 4.90 Å². The lowest BCUT2D eigenvalue weighted by Crippen LogP contribution is -2.48. The number of anilines is 1. The van der Waals surface area contributed by atoms with Crippen molar-refractivity contribution in [2.24, 2.45) is 0 Å². The first kappa shape index (κ1) is 16.9. The third kappa shape index (κ3) is 4.31. The first-order valence-corrected chi connectivity index (χ1v) is 8.60. The van der Waals surface area contributed by atoms with Crippen molar-refractivity contribution in [2.75, 3.05) is 31.1 Å². The number of carbonyl (C=O) groups excluding carboxylic acids is 1. The van der Waals surface area contributed by atoms with Crippen molar-refractivity contribution in [2.45, 2.75) is 0 Å². The maximum Gasteiger partial charge on any atom is 0.246 e. The van der Waals surface area contributed by atoms with Crippen LogP contribution in [-0.2, 0) is 4.79 Å². The second-order valence-corrected chi connectivity index (χ2v) is 6.55. The molecule has 1 fully saturated rings. The van der Waals surface area contributed by atoms with E-state index < -0.39 is 0 Å². The van der Waals surface area contributed by atoms with E-state index >= 15 is 0 Å². The molecule has 0 unspecified atom stereocenters. The van der Waals surface area contributed by atoms with Crippen LogP contribution >= 0.6 is 23.2 Å². The number of rotatable bonds is 3. The summed E-state index contributed by atoms with van der Waals surface area (Å²) in [7, 11) is 0. The maximum absolute atomic E-state index is 12.3. The Kier molecular flexibility index (Phi) is 5.44. The van der Waals surface area contributed by atoms with Gasteiger partial charge in [0, 0.05) is 48.0 Å². The number of benzene rings is 2. The minimum absolute atomic E-state index is 0.0331. The predicted molar refractivity (Wildman–Crippen MR) is 101 cm³/mol. The van der Waals surface area contributed by atoms with Gasteiger partial charge in [-0.15, -0.1) is 0 Å². The van der Waals surface area contributed by atoms with Crippen LogP contribution in [0.1, 0.15) is 5.56 Å². The van der Waals surface area contributed by atoms with E-state index in [1.165, 1.54) is 0 Å². The van der Waals surface area contributed by atoms with Gasteiger partial charge in [-0.3, -0.25) is 4.79 Å². The number of piperazine rings is 1. The lowest BCUT2D eigenvalue weighted by atomic mass is 10.2. The smallest absolute Gasteiger partial charge is 0.246 e.